The van der Waals surface area contributed by atoms with Gasteiger partial charge in [-0.1, -0.05) is 36.4 Å². The van der Waals surface area contributed by atoms with Gasteiger partial charge in [0, 0.05) is 5.56 Å². The molecule has 62 valence electrons. The van der Waals surface area contributed by atoms with Gasteiger partial charge in [0.1, 0.15) is 5.75 Å². The largest absolute Gasteiger partial charge is 0.507 e. The van der Waals surface area contributed by atoms with Gasteiger partial charge in [-0.05, 0) is 19.1 Å². The molecule has 0 fully saturated rings. The van der Waals surface area contributed by atoms with Gasteiger partial charge < -0.3 is 5.11 Å². The molecule has 0 unspecified atom stereocenters. The molecular weight excluding hydrogens is 148 g/mol. The molecule has 0 bridgehead atoms. The normalized spacial score (nSPS) is 10.4. The van der Waals surface area contributed by atoms with Crippen LogP contribution in [-0.4, -0.2) is 5.11 Å². The molecule has 1 rings (SSSR count). The number of rotatable bonds is 2. The van der Waals surface area contributed by atoms with Crippen molar-refractivity contribution in [3.05, 3.63) is 48.1 Å². The number of phenols is 1. The van der Waals surface area contributed by atoms with Gasteiger partial charge in [-0.15, -0.1) is 0 Å². The molecule has 0 spiro atoms. The van der Waals surface area contributed by atoms with Crippen LogP contribution in [0.25, 0.3) is 6.08 Å². The van der Waals surface area contributed by atoms with Gasteiger partial charge in [0.15, 0.2) is 0 Å². The SMILES string of the molecule is C=C/C=C\c1cc(C)ccc1O. The Labute approximate surface area is 72.7 Å². The second kappa shape index (κ2) is 3.77. The molecule has 0 saturated carbocycles. The number of aryl methyl sites for hydroxylation is 1. The van der Waals surface area contributed by atoms with E-state index in [1.54, 1.807) is 18.2 Å². The number of aromatic hydroxyl groups is 1. The Morgan fingerprint density at radius 2 is 2.17 bits per heavy atom. The van der Waals surface area contributed by atoms with E-state index in [9.17, 15) is 5.11 Å². The van der Waals surface area contributed by atoms with Crippen LogP contribution in [0, 0.1) is 6.92 Å². The maximum atomic E-state index is 9.38. The third kappa shape index (κ3) is 1.99. The Balaban J connectivity index is 3.04. The average molecular weight is 160 g/mol. The van der Waals surface area contributed by atoms with E-state index in [1.165, 1.54) is 0 Å². The summed E-state index contributed by atoms with van der Waals surface area (Å²) in [6.07, 6.45) is 5.31. The molecule has 0 heterocycles. The average Bonchev–Trinajstić information content (AvgIpc) is 2.07. The Bertz CT molecular complexity index is 311. The summed E-state index contributed by atoms with van der Waals surface area (Å²) in [5.41, 5.74) is 1.96. The molecule has 1 N–H and O–H groups in total. The fourth-order valence-electron chi connectivity index (χ4n) is 0.979. The van der Waals surface area contributed by atoms with Crippen molar-refractivity contribution in [1.82, 2.24) is 0 Å². The smallest absolute Gasteiger partial charge is 0.122 e. The fraction of sp³-hybridized carbons (Fsp3) is 0.0909. The first-order valence-electron chi connectivity index (χ1n) is 3.83. The molecule has 0 aliphatic rings. The molecule has 0 radical (unpaired) electrons. The van der Waals surface area contributed by atoms with Crippen LogP contribution in [0.2, 0.25) is 0 Å². The van der Waals surface area contributed by atoms with Gasteiger partial charge in [-0.25, -0.2) is 0 Å². The van der Waals surface area contributed by atoms with Crippen LogP contribution in [0.3, 0.4) is 0 Å². The van der Waals surface area contributed by atoms with Crippen LogP contribution < -0.4 is 0 Å². The van der Waals surface area contributed by atoms with E-state index >= 15 is 0 Å². The highest BCUT2D eigenvalue weighted by Crippen LogP contribution is 2.19. The first-order valence-corrected chi connectivity index (χ1v) is 3.83. The quantitative estimate of drug-likeness (QED) is 0.659. The van der Waals surface area contributed by atoms with E-state index in [0.29, 0.717) is 5.75 Å². The molecule has 0 aliphatic carbocycles. The van der Waals surface area contributed by atoms with Crippen LogP contribution >= 0.6 is 0 Å². The van der Waals surface area contributed by atoms with E-state index in [1.807, 2.05) is 25.1 Å². The van der Waals surface area contributed by atoms with Gasteiger partial charge in [0.25, 0.3) is 0 Å². The van der Waals surface area contributed by atoms with E-state index < -0.39 is 0 Å². The fourth-order valence-corrected chi connectivity index (χ4v) is 0.979. The summed E-state index contributed by atoms with van der Waals surface area (Å²) in [5, 5.41) is 9.38. The van der Waals surface area contributed by atoms with Crippen molar-refractivity contribution in [3.63, 3.8) is 0 Å². The summed E-state index contributed by atoms with van der Waals surface area (Å²) in [7, 11) is 0. The van der Waals surface area contributed by atoms with Crippen molar-refractivity contribution in [1.29, 1.82) is 0 Å². The maximum absolute atomic E-state index is 9.38. The van der Waals surface area contributed by atoms with Crippen LogP contribution in [0.1, 0.15) is 11.1 Å². The lowest BCUT2D eigenvalue weighted by atomic mass is 10.1. The summed E-state index contributed by atoms with van der Waals surface area (Å²) in [5.74, 6) is 0.304. The Morgan fingerprint density at radius 3 is 2.83 bits per heavy atom. The van der Waals surface area contributed by atoms with Gasteiger partial charge in [0.05, 0.1) is 0 Å². The highest BCUT2D eigenvalue weighted by atomic mass is 16.3. The molecular formula is C11H12O. The van der Waals surface area contributed by atoms with Crippen molar-refractivity contribution < 1.29 is 5.11 Å². The highest BCUT2D eigenvalue weighted by molar-refractivity contribution is 5.58. The van der Waals surface area contributed by atoms with E-state index in [0.717, 1.165) is 11.1 Å². The van der Waals surface area contributed by atoms with Gasteiger partial charge in [0.2, 0.25) is 0 Å². The minimum Gasteiger partial charge on any atom is -0.507 e. The Hall–Kier alpha value is -1.50. The first kappa shape index (κ1) is 8.60. The standard InChI is InChI=1S/C11H12O/c1-3-4-5-10-8-9(2)6-7-11(10)12/h3-8,12H,1H2,2H3/b5-4-. The van der Waals surface area contributed by atoms with Crippen LogP contribution in [0.15, 0.2) is 36.9 Å². The Morgan fingerprint density at radius 1 is 1.42 bits per heavy atom. The molecule has 1 aromatic rings. The topological polar surface area (TPSA) is 20.2 Å². The molecule has 0 aliphatic heterocycles. The zero-order valence-corrected chi connectivity index (χ0v) is 7.12. The highest BCUT2D eigenvalue weighted by Gasteiger charge is 1.95. The van der Waals surface area contributed by atoms with Crippen molar-refractivity contribution in [2.75, 3.05) is 0 Å². The molecule has 1 nitrogen and oxygen atoms in total. The van der Waals surface area contributed by atoms with Crippen molar-refractivity contribution in [3.8, 4) is 5.75 Å². The van der Waals surface area contributed by atoms with Gasteiger partial charge in [-0.3, -0.25) is 0 Å². The number of benzene rings is 1. The molecule has 1 heteroatoms. The van der Waals surface area contributed by atoms with Gasteiger partial charge >= 0.3 is 0 Å². The van der Waals surface area contributed by atoms with E-state index in [-0.39, 0.29) is 0 Å². The molecule has 1 aromatic carbocycles. The molecule has 12 heavy (non-hydrogen) atoms. The molecule has 0 aromatic heterocycles. The number of phenolic OH excluding ortho intramolecular Hbond substituents is 1. The summed E-state index contributed by atoms with van der Waals surface area (Å²) in [6, 6.07) is 5.49. The first-order chi connectivity index (χ1) is 5.74. The molecule has 0 saturated heterocycles. The zero-order chi connectivity index (χ0) is 8.97. The van der Waals surface area contributed by atoms with Crippen LogP contribution in [0.4, 0.5) is 0 Å². The minimum atomic E-state index is 0.304. The third-order valence-electron chi connectivity index (χ3n) is 1.59. The lowest BCUT2D eigenvalue weighted by molar-refractivity contribution is 0.474. The summed E-state index contributed by atoms with van der Waals surface area (Å²) < 4.78 is 0. The summed E-state index contributed by atoms with van der Waals surface area (Å²) in [4.78, 5) is 0. The number of hydrogen-bond acceptors (Lipinski definition) is 1. The third-order valence-corrected chi connectivity index (χ3v) is 1.59. The lowest BCUT2D eigenvalue weighted by Crippen LogP contribution is -1.76. The van der Waals surface area contributed by atoms with Crippen LogP contribution in [0.5, 0.6) is 5.75 Å². The van der Waals surface area contributed by atoms with Crippen molar-refractivity contribution in [2.24, 2.45) is 0 Å². The molecule has 0 atom stereocenters. The Kier molecular flexibility index (Phi) is 2.70. The van der Waals surface area contributed by atoms with Crippen LogP contribution in [-0.2, 0) is 0 Å². The second-order valence-electron chi connectivity index (χ2n) is 2.66. The van der Waals surface area contributed by atoms with E-state index in [4.69, 9.17) is 0 Å². The predicted molar refractivity (Wildman–Crippen MR) is 52.1 cm³/mol. The number of hydrogen-bond donors (Lipinski definition) is 1. The summed E-state index contributed by atoms with van der Waals surface area (Å²) in [6.45, 7) is 5.55. The lowest BCUT2D eigenvalue weighted by Gasteiger charge is -1.99. The van der Waals surface area contributed by atoms with E-state index in [2.05, 4.69) is 6.58 Å². The van der Waals surface area contributed by atoms with Gasteiger partial charge in [-0.2, -0.15) is 0 Å². The predicted octanol–water partition coefficient (Wildman–Crippen LogP) is 2.90. The molecule has 0 amide bonds. The zero-order valence-electron chi connectivity index (χ0n) is 7.12. The maximum Gasteiger partial charge on any atom is 0.122 e. The summed E-state index contributed by atoms with van der Waals surface area (Å²) >= 11 is 0. The monoisotopic (exact) mass is 160 g/mol. The second-order valence-corrected chi connectivity index (χ2v) is 2.66. The minimum absolute atomic E-state index is 0.304. The number of allylic oxidation sites excluding steroid dienone is 2. The van der Waals surface area contributed by atoms with Crippen molar-refractivity contribution in [2.45, 2.75) is 6.92 Å². The van der Waals surface area contributed by atoms with Crippen molar-refractivity contribution >= 4 is 6.08 Å².